The number of aliphatic hydroxyl groups excluding tert-OH is 1. The lowest BCUT2D eigenvalue weighted by Crippen LogP contribution is -2.57. The number of rotatable bonds is 9. The molecule has 1 aromatic carbocycles. The lowest BCUT2D eigenvalue weighted by Gasteiger charge is -2.59. The van der Waals surface area contributed by atoms with E-state index in [1.165, 1.54) is 5.57 Å². The highest BCUT2D eigenvalue weighted by Crippen LogP contribution is 2.67. The standard InChI is InChI=1S/C34H46N2O7/c1-5-42-31(40)29(30(39)22-9-7-6-8-10-22)35-28(38)20-43-36-24-13-16-32(3)23(19-24)11-12-25-26(32)14-17-33(4)27(25)15-18-34(33,41)21(2)37/h6-10,19,25-27,29-30,39,41H,5,11-18,20H2,1-4H3,(H,35,38)/b36-24+/t25-,26+,27+,29+,30+,32+,33+,34+/m1/s1. The quantitative estimate of drug-likeness (QED) is 0.285. The van der Waals surface area contributed by atoms with Crippen LogP contribution in [-0.2, 0) is 24.0 Å². The first-order valence-corrected chi connectivity index (χ1v) is 15.8. The highest BCUT2D eigenvalue weighted by molar-refractivity contribution is 5.96. The summed E-state index contributed by atoms with van der Waals surface area (Å²) in [5.74, 6) is -0.0466. The summed E-state index contributed by atoms with van der Waals surface area (Å²) in [7, 11) is 0. The number of oxime groups is 1. The average molecular weight is 595 g/mol. The minimum absolute atomic E-state index is 0.0397. The van der Waals surface area contributed by atoms with E-state index in [-0.39, 0.29) is 23.2 Å². The summed E-state index contributed by atoms with van der Waals surface area (Å²) in [5.41, 5.74) is 1.13. The molecule has 0 aliphatic heterocycles. The monoisotopic (exact) mass is 594 g/mol. The molecule has 9 nitrogen and oxygen atoms in total. The summed E-state index contributed by atoms with van der Waals surface area (Å²) in [4.78, 5) is 43.2. The van der Waals surface area contributed by atoms with Gasteiger partial charge in [-0.2, -0.15) is 0 Å². The summed E-state index contributed by atoms with van der Waals surface area (Å²) in [6, 6.07) is 7.36. The van der Waals surface area contributed by atoms with Crippen LogP contribution in [0.4, 0.5) is 0 Å². The first kappa shape index (κ1) is 31.4. The zero-order chi connectivity index (χ0) is 31.0. The molecule has 1 amide bonds. The maximum atomic E-state index is 12.7. The van der Waals surface area contributed by atoms with Gasteiger partial charge in [0.2, 0.25) is 0 Å². The second kappa shape index (κ2) is 12.2. The van der Waals surface area contributed by atoms with Crippen LogP contribution in [0.1, 0.15) is 90.7 Å². The van der Waals surface area contributed by atoms with Crippen LogP contribution in [0.3, 0.4) is 0 Å². The lowest BCUT2D eigenvalue weighted by molar-refractivity contribution is -0.159. The van der Waals surface area contributed by atoms with Gasteiger partial charge in [-0.25, -0.2) is 4.79 Å². The Morgan fingerprint density at radius 1 is 1.05 bits per heavy atom. The van der Waals surface area contributed by atoms with E-state index in [1.807, 2.05) is 0 Å². The van der Waals surface area contributed by atoms with Gasteiger partial charge in [-0.3, -0.25) is 9.59 Å². The minimum Gasteiger partial charge on any atom is -0.464 e. The van der Waals surface area contributed by atoms with Crippen molar-refractivity contribution in [3.63, 3.8) is 0 Å². The molecule has 234 valence electrons. The fourth-order valence-electron chi connectivity index (χ4n) is 8.97. The Morgan fingerprint density at radius 2 is 1.77 bits per heavy atom. The molecule has 9 heteroatoms. The summed E-state index contributed by atoms with van der Waals surface area (Å²) < 4.78 is 5.08. The molecule has 1 aromatic rings. The van der Waals surface area contributed by atoms with Gasteiger partial charge in [-0.1, -0.05) is 54.9 Å². The van der Waals surface area contributed by atoms with Gasteiger partial charge in [-0.05, 0) is 100 Å². The van der Waals surface area contributed by atoms with E-state index in [1.54, 1.807) is 44.2 Å². The van der Waals surface area contributed by atoms with Gasteiger partial charge in [0.05, 0.1) is 12.3 Å². The molecule has 5 rings (SSSR count). The maximum Gasteiger partial charge on any atom is 0.331 e. The Hall–Kier alpha value is -3.04. The number of amides is 1. The van der Waals surface area contributed by atoms with Gasteiger partial charge in [0.25, 0.3) is 5.91 Å². The van der Waals surface area contributed by atoms with E-state index in [4.69, 9.17) is 9.57 Å². The number of nitrogens with zero attached hydrogens (tertiary/aromatic N) is 1. The Labute approximate surface area is 254 Å². The number of carbonyl (C=O) groups excluding carboxylic acids is 3. The van der Waals surface area contributed by atoms with Crippen LogP contribution in [0.2, 0.25) is 0 Å². The average Bonchev–Trinajstić information content (AvgIpc) is 3.27. The molecule has 0 spiro atoms. The fourth-order valence-corrected chi connectivity index (χ4v) is 8.97. The van der Waals surface area contributed by atoms with E-state index < -0.39 is 36.2 Å². The molecular weight excluding hydrogens is 548 g/mol. The number of ether oxygens (including phenoxy) is 1. The van der Waals surface area contributed by atoms with Crippen molar-refractivity contribution in [3.05, 3.63) is 47.5 Å². The predicted octanol–water partition coefficient (Wildman–Crippen LogP) is 4.42. The molecule has 43 heavy (non-hydrogen) atoms. The number of hydrogen-bond acceptors (Lipinski definition) is 8. The van der Waals surface area contributed by atoms with E-state index >= 15 is 0 Å². The molecule has 0 bridgehead atoms. The number of hydrogen-bond donors (Lipinski definition) is 3. The topological polar surface area (TPSA) is 135 Å². The molecule has 3 N–H and O–H groups in total. The Balaban J connectivity index is 1.22. The number of allylic oxidation sites excluding steroid dienone is 2. The van der Waals surface area contributed by atoms with Gasteiger partial charge in [0.1, 0.15) is 11.7 Å². The van der Waals surface area contributed by atoms with Crippen molar-refractivity contribution in [2.45, 2.75) is 96.8 Å². The van der Waals surface area contributed by atoms with Crippen LogP contribution in [0, 0.1) is 28.6 Å². The van der Waals surface area contributed by atoms with Crippen LogP contribution >= 0.6 is 0 Å². The number of esters is 1. The Kier molecular flexibility index (Phi) is 8.87. The molecule has 0 saturated heterocycles. The van der Waals surface area contributed by atoms with Crippen molar-refractivity contribution in [2.24, 2.45) is 33.7 Å². The number of ketones is 1. The molecule has 0 heterocycles. The first-order chi connectivity index (χ1) is 20.4. The fraction of sp³-hybridized carbons (Fsp3) is 0.647. The highest BCUT2D eigenvalue weighted by Gasteiger charge is 2.65. The van der Waals surface area contributed by atoms with Crippen LogP contribution in [0.15, 0.2) is 47.1 Å². The van der Waals surface area contributed by atoms with Gasteiger partial charge in [0, 0.05) is 5.41 Å². The number of benzene rings is 1. The molecule has 3 fully saturated rings. The predicted molar refractivity (Wildman–Crippen MR) is 161 cm³/mol. The number of Topliss-reactive ketones (excluding diaryl/α,β-unsaturated/α-hetero) is 1. The second-order valence-corrected chi connectivity index (χ2v) is 13.4. The van der Waals surface area contributed by atoms with E-state index in [9.17, 15) is 24.6 Å². The minimum atomic E-state index is -1.28. The van der Waals surface area contributed by atoms with E-state index in [0.29, 0.717) is 29.7 Å². The van der Waals surface area contributed by atoms with Crippen molar-refractivity contribution in [2.75, 3.05) is 13.2 Å². The Bertz CT molecular complexity index is 1290. The van der Waals surface area contributed by atoms with Crippen molar-refractivity contribution in [3.8, 4) is 0 Å². The molecule has 3 saturated carbocycles. The van der Waals surface area contributed by atoms with Gasteiger partial charge < -0.3 is 25.1 Å². The van der Waals surface area contributed by atoms with E-state index in [0.717, 1.165) is 50.7 Å². The summed E-state index contributed by atoms with van der Waals surface area (Å²) in [6.07, 6.45) is 7.84. The van der Waals surface area contributed by atoms with Gasteiger partial charge in [-0.15, -0.1) is 0 Å². The van der Waals surface area contributed by atoms with Crippen LogP contribution in [-0.4, -0.2) is 58.4 Å². The summed E-state index contributed by atoms with van der Waals surface area (Å²) >= 11 is 0. The lowest BCUT2D eigenvalue weighted by atomic mass is 9.46. The van der Waals surface area contributed by atoms with Crippen LogP contribution < -0.4 is 5.32 Å². The SMILES string of the molecule is CCOC(=O)[C@@H](NC(=O)CO/N=C1/C=C2CC[C@@H]3[C@H](CC[C@@]4(C)[C@H]3CC[C@]4(O)C(C)=O)[C@@]2(C)CC1)[C@@H](O)c1ccccc1. The van der Waals surface area contributed by atoms with E-state index in [2.05, 4.69) is 30.4 Å². The molecule has 4 aliphatic carbocycles. The second-order valence-electron chi connectivity index (χ2n) is 13.4. The van der Waals surface area contributed by atoms with Crippen molar-refractivity contribution < 1.29 is 34.2 Å². The highest BCUT2D eigenvalue weighted by atomic mass is 16.6. The smallest absolute Gasteiger partial charge is 0.331 e. The van der Waals surface area contributed by atoms with Crippen LogP contribution in [0.5, 0.6) is 0 Å². The van der Waals surface area contributed by atoms with Crippen molar-refractivity contribution >= 4 is 23.4 Å². The number of carbonyl (C=O) groups is 3. The normalized spacial score (nSPS) is 35.4. The van der Waals surface area contributed by atoms with Gasteiger partial charge >= 0.3 is 5.97 Å². The molecule has 4 aliphatic rings. The summed E-state index contributed by atoms with van der Waals surface area (Å²) in [5, 5.41) is 29.0. The van der Waals surface area contributed by atoms with Crippen LogP contribution in [0.25, 0.3) is 0 Å². The van der Waals surface area contributed by atoms with Gasteiger partial charge in [0.15, 0.2) is 18.4 Å². The molecule has 0 aromatic heterocycles. The third-order valence-corrected chi connectivity index (χ3v) is 11.4. The third kappa shape index (κ3) is 5.55. The number of aliphatic hydroxyl groups is 2. The first-order valence-electron chi connectivity index (χ1n) is 15.8. The van der Waals surface area contributed by atoms with Crippen molar-refractivity contribution in [1.82, 2.24) is 5.32 Å². The van der Waals surface area contributed by atoms with Crippen molar-refractivity contribution in [1.29, 1.82) is 0 Å². The zero-order valence-corrected chi connectivity index (χ0v) is 25.8. The molecular formula is C34H46N2O7. The largest absolute Gasteiger partial charge is 0.464 e. The number of nitrogens with one attached hydrogen (secondary N) is 1. The molecule has 0 unspecified atom stereocenters. The zero-order valence-electron chi connectivity index (χ0n) is 25.8. The Morgan fingerprint density at radius 3 is 2.47 bits per heavy atom. The molecule has 8 atom stereocenters. The number of fused-ring (bicyclic) bond motifs is 5. The molecule has 0 radical (unpaired) electrons. The third-order valence-electron chi connectivity index (χ3n) is 11.4. The summed E-state index contributed by atoms with van der Waals surface area (Å²) in [6.45, 7) is 7.44. The maximum absolute atomic E-state index is 12.7.